The van der Waals surface area contributed by atoms with Gasteiger partial charge in [0.1, 0.15) is 5.65 Å². The Morgan fingerprint density at radius 3 is 2.91 bits per heavy atom. The normalized spacial score (nSPS) is 10.8. The highest BCUT2D eigenvalue weighted by Crippen LogP contribution is 2.14. The highest BCUT2D eigenvalue weighted by molar-refractivity contribution is 5.94. The van der Waals surface area contributed by atoms with Gasteiger partial charge in [-0.05, 0) is 37.1 Å². The minimum atomic E-state index is -0.100. The van der Waals surface area contributed by atoms with E-state index < -0.39 is 0 Å². The van der Waals surface area contributed by atoms with Gasteiger partial charge >= 0.3 is 0 Å². The first-order valence-electron chi connectivity index (χ1n) is 7.33. The quantitative estimate of drug-likeness (QED) is 0.804. The van der Waals surface area contributed by atoms with Gasteiger partial charge < -0.3 is 9.72 Å². The number of aromatic nitrogens is 3. The number of amides is 1. The van der Waals surface area contributed by atoms with Crippen molar-refractivity contribution in [3.05, 3.63) is 65.4 Å². The molecule has 5 heteroatoms. The Hall–Kier alpha value is -2.69. The zero-order valence-electron chi connectivity index (χ0n) is 12.7. The molecule has 0 aliphatic rings. The Kier molecular flexibility index (Phi) is 3.87. The Labute approximate surface area is 129 Å². The topological polar surface area (TPSA) is 59.3 Å². The first-order valence-corrected chi connectivity index (χ1v) is 7.33. The summed E-state index contributed by atoms with van der Waals surface area (Å²) < 4.78 is 1.97. The van der Waals surface area contributed by atoms with E-state index in [9.17, 15) is 4.79 Å². The number of carbonyl (C=O) groups is 1. The number of pyridine rings is 2. The van der Waals surface area contributed by atoms with E-state index in [0.717, 1.165) is 29.0 Å². The second-order valence-corrected chi connectivity index (χ2v) is 5.19. The van der Waals surface area contributed by atoms with Crippen LogP contribution in [-0.4, -0.2) is 20.3 Å². The summed E-state index contributed by atoms with van der Waals surface area (Å²) in [5, 5.41) is 2.91. The highest BCUT2D eigenvalue weighted by atomic mass is 16.1. The van der Waals surface area contributed by atoms with E-state index in [1.165, 1.54) is 0 Å². The molecule has 0 atom stereocenters. The van der Waals surface area contributed by atoms with Gasteiger partial charge in [-0.2, -0.15) is 0 Å². The molecule has 0 aliphatic heterocycles. The van der Waals surface area contributed by atoms with Crippen molar-refractivity contribution in [3.8, 4) is 0 Å². The molecule has 0 saturated heterocycles. The second-order valence-electron chi connectivity index (χ2n) is 5.19. The summed E-state index contributed by atoms with van der Waals surface area (Å²) >= 11 is 0. The largest absolute Gasteiger partial charge is 0.348 e. The first-order chi connectivity index (χ1) is 10.7. The van der Waals surface area contributed by atoms with E-state index in [1.54, 1.807) is 18.5 Å². The maximum absolute atomic E-state index is 12.3. The number of hydrogen-bond donors (Lipinski definition) is 1. The molecule has 0 spiro atoms. The van der Waals surface area contributed by atoms with E-state index in [1.807, 2.05) is 35.7 Å². The van der Waals surface area contributed by atoms with Crippen LogP contribution >= 0.6 is 0 Å². The second kappa shape index (κ2) is 5.97. The lowest BCUT2D eigenvalue weighted by Gasteiger charge is -2.06. The van der Waals surface area contributed by atoms with Crippen molar-refractivity contribution < 1.29 is 4.79 Å². The van der Waals surface area contributed by atoms with Gasteiger partial charge in [-0.15, -0.1) is 0 Å². The zero-order chi connectivity index (χ0) is 15.5. The molecular formula is C17H18N4O. The molecule has 22 heavy (non-hydrogen) atoms. The fraction of sp³-hybridized carbons (Fsp3) is 0.235. The number of imidazole rings is 1. The molecule has 112 valence electrons. The monoisotopic (exact) mass is 294 g/mol. The van der Waals surface area contributed by atoms with Gasteiger partial charge in [0.25, 0.3) is 5.91 Å². The predicted molar refractivity (Wildman–Crippen MR) is 84.7 cm³/mol. The third kappa shape index (κ3) is 2.70. The van der Waals surface area contributed by atoms with Crippen molar-refractivity contribution in [1.29, 1.82) is 0 Å². The molecule has 3 rings (SSSR count). The van der Waals surface area contributed by atoms with E-state index in [4.69, 9.17) is 0 Å². The molecule has 3 aromatic heterocycles. The Morgan fingerprint density at radius 1 is 1.32 bits per heavy atom. The van der Waals surface area contributed by atoms with Crippen molar-refractivity contribution in [2.24, 2.45) is 0 Å². The highest BCUT2D eigenvalue weighted by Gasteiger charge is 2.10. The number of nitrogens with one attached hydrogen (secondary N) is 1. The number of carbonyl (C=O) groups excluding carboxylic acids is 1. The van der Waals surface area contributed by atoms with Crippen LogP contribution < -0.4 is 5.32 Å². The van der Waals surface area contributed by atoms with Crippen molar-refractivity contribution in [3.63, 3.8) is 0 Å². The van der Waals surface area contributed by atoms with E-state index in [-0.39, 0.29) is 5.91 Å². The molecule has 0 saturated carbocycles. The van der Waals surface area contributed by atoms with Gasteiger partial charge in [-0.3, -0.25) is 9.78 Å². The number of rotatable bonds is 4. The lowest BCUT2D eigenvalue weighted by Crippen LogP contribution is -2.23. The van der Waals surface area contributed by atoms with Gasteiger partial charge in [0, 0.05) is 30.8 Å². The third-order valence-corrected chi connectivity index (χ3v) is 3.73. The van der Waals surface area contributed by atoms with Gasteiger partial charge in [-0.1, -0.05) is 13.0 Å². The average molecular weight is 294 g/mol. The van der Waals surface area contributed by atoms with Crippen LogP contribution in [0.25, 0.3) is 5.65 Å². The minimum Gasteiger partial charge on any atom is -0.348 e. The molecular weight excluding hydrogens is 276 g/mol. The molecule has 0 unspecified atom stereocenters. The summed E-state index contributed by atoms with van der Waals surface area (Å²) in [7, 11) is 0. The zero-order valence-corrected chi connectivity index (χ0v) is 12.7. The molecule has 1 amide bonds. The number of aryl methyl sites for hydroxylation is 2. The summed E-state index contributed by atoms with van der Waals surface area (Å²) in [6, 6.07) is 7.48. The molecule has 0 bridgehead atoms. The van der Waals surface area contributed by atoms with Gasteiger partial charge in [0.2, 0.25) is 0 Å². The molecule has 0 fully saturated rings. The Balaban J connectivity index is 1.80. The maximum atomic E-state index is 12.3. The number of fused-ring (bicyclic) bond motifs is 1. The molecule has 0 radical (unpaired) electrons. The van der Waals surface area contributed by atoms with Gasteiger partial charge in [-0.25, -0.2) is 4.98 Å². The Bertz CT molecular complexity index is 808. The van der Waals surface area contributed by atoms with Crippen LogP contribution in [0.3, 0.4) is 0 Å². The summed E-state index contributed by atoms with van der Waals surface area (Å²) in [6.07, 6.45) is 6.19. The SMILES string of the molecule is CCc1nc2ccc(C(=O)NCc3cccnc3)cn2c1C. The van der Waals surface area contributed by atoms with Crippen LogP contribution in [0.4, 0.5) is 0 Å². The van der Waals surface area contributed by atoms with Crippen LogP contribution in [0.15, 0.2) is 42.9 Å². The van der Waals surface area contributed by atoms with Crippen LogP contribution in [0.5, 0.6) is 0 Å². The third-order valence-electron chi connectivity index (χ3n) is 3.73. The summed E-state index contributed by atoms with van der Waals surface area (Å²) in [6.45, 7) is 4.57. The number of hydrogen-bond acceptors (Lipinski definition) is 3. The average Bonchev–Trinajstić information content (AvgIpc) is 2.89. The molecule has 1 N–H and O–H groups in total. The van der Waals surface area contributed by atoms with Crippen LogP contribution in [-0.2, 0) is 13.0 Å². The van der Waals surface area contributed by atoms with Crippen molar-refractivity contribution in [1.82, 2.24) is 19.7 Å². The minimum absolute atomic E-state index is 0.100. The summed E-state index contributed by atoms with van der Waals surface area (Å²) in [5.74, 6) is -0.100. The van der Waals surface area contributed by atoms with Crippen molar-refractivity contribution in [2.45, 2.75) is 26.8 Å². The molecule has 0 aromatic carbocycles. The molecule has 3 aromatic rings. The standard InChI is InChI=1S/C17H18N4O/c1-3-15-12(2)21-11-14(6-7-16(21)20-15)17(22)19-10-13-5-4-8-18-9-13/h4-9,11H,3,10H2,1-2H3,(H,19,22). The smallest absolute Gasteiger partial charge is 0.253 e. The van der Waals surface area contributed by atoms with Crippen LogP contribution in [0.1, 0.15) is 34.2 Å². The lowest BCUT2D eigenvalue weighted by molar-refractivity contribution is 0.0950. The Morgan fingerprint density at radius 2 is 2.18 bits per heavy atom. The first kappa shape index (κ1) is 14.3. The lowest BCUT2D eigenvalue weighted by atomic mass is 10.2. The predicted octanol–water partition coefficient (Wildman–Crippen LogP) is 2.53. The van der Waals surface area contributed by atoms with Gasteiger partial charge in [0.05, 0.1) is 11.3 Å². The van der Waals surface area contributed by atoms with Crippen molar-refractivity contribution >= 4 is 11.6 Å². The molecule has 5 nitrogen and oxygen atoms in total. The van der Waals surface area contributed by atoms with Crippen LogP contribution in [0.2, 0.25) is 0 Å². The van der Waals surface area contributed by atoms with Gasteiger partial charge in [0.15, 0.2) is 0 Å². The number of nitrogens with zero attached hydrogens (tertiary/aromatic N) is 3. The van der Waals surface area contributed by atoms with Crippen molar-refractivity contribution in [2.75, 3.05) is 0 Å². The fourth-order valence-corrected chi connectivity index (χ4v) is 2.47. The molecule has 3 heterocycles. The fourth-order valence-electron chi connectivity index (χ4n) is 2.47. The summed E-state index contributed by atoms with van der Waals surface area (Å²) in [4.78, 5) is 20.9. The van der Waals surface area contributed by atoms with Crippen LogP contribution in [0, 0.1) is 6.92 Å². The van der Waals surface area contributed by atoms with E-state index >= 15 is 0 Å². The summed E-state index contributed by atoms with van der Waals surface area (Å²) in [5.41, 5.74) is 4.62. The van der Waals surface area contributed by atoms with E-state index in [2.05, 4.69) is 22.2 Å². The maximum Gasteiger partial charge on any atom is 0.253 e. The van der Waals surface area contributed by atoms with E-state index in [0.29, 0.717) is 12.1 Å². The molecule has 0 aliphatic carbocycles.